The summed E-state index contributed by atoms with van der Waals surface area (Å²) in [6.45, 7) is 4.21. The number of allylic oxidation sites excluding steroid dienone is 7. The van der Waals surface area contributed by atoms with Gasteiger partial charge in [0.15, 0.2) is 0 Å². The van der Waals surface area contributed by atoms with Crippen LogP contribution in [0.5, 0.6) is 0 Å². The number of aliphatic hydroxyl groups excluding tert-OH is 2. The first-order chi connectivity index (χ1) is 20.2. The second-order valence-electron chi connectivity index (χ2n) is 11.6. The van der Waals surface area contributed by atoms with E-state index in [0.29, 0.717) is 6.42 Å². The van der Waals surface area contributed by atoms with E-state index in [1.165, 1.54) is 109 Å². The third-order valence-corrected chi connectivity index (χ3v) is 7.56. The van der Waals surface area contributed by atoms with Crippen molar-refractivity contribution in [1.29, 1.82) is 0 Å². The highest BCUT2D eigenvalue weighted by Gasteiger charge is 2.17. The zero-order valence-corrected chi connectivity index (χ0v) is 27.0. The molecule has 41 heavy (non-hydrogen) atoms. The van der Waals surface area contributed by atoms with Crippen LogP contribution in [0.2, 0.25) is 0 Å². The van der Waals surface area contributed by atoms with Crippen molar-refractivity contribution in [2.75, 3.05) is 6.61 Å². The number of carbonyl (C=O) groups is 1. The fourth-order valence-corrected chi connectivity index (χ4v) is 4.83. The van der Waals surface area contributed by atoms with Crippen molar-refractivity contribution in [3.63, 3.8) is 0 Å². The Hall–Kier alpha value is -1.65. The Kier molecular flexibility index (Phi) is 31.5. The van der Waals surface area contributed by atoms with Gasteiger partial charge in [-0.25, -0.2) is 0 Å². The summed E-state index contributed by atoms with van der Waals surface area (Å²) in [5.41, 5.74) is 0. The van der Waals surface area contributed by atoms with Gasteiger partial charge >= 0.3 is 0 Å². The molecular formula is C37H67NO3. The lowest BCUT2D eigenvalue weighted by Gasteiger charge is -2.19. The number of aliphatic hydroxyl groups is 2. The van der Waals surface area contributed by atoms with Crippen LogP contribution < -0.4 is 5.32 Å². The van der Waals surface area contributed by atoms with Crippen molar-refractivity contribution >= 4 is 5.91 Å². The van der Waals surface area contributed by atoms with Crippen molar-refractivity contribution < 1.29 is 15.0 Å². The highest BCUT2D eigenvalue weighted by Crippen LogP contribution is 2.12. The third kappa shape index (κ3) is 29.6. The van der Waals surface area contributed by atoms with E-state index in [0.717, 1.165) is 32.1 Å². The zero-order valence-electron chi connectivity index (χ0n) is 27.0. The van der Waals surface area contributed by atoms with Crippen molar-refractivity contribution in [2.24, 2.45) is 0 Å². The fraction of sp³-hybridized carbons (Fsp3) is 0.757. The maximum Gasteiger partial charge on any atom is 0.220 e. The topological polar surface area (TPSA) is 69.6 Å². The molecule has 1 amide bonds. The molecule has 0 spiro atoms. The first-order valence-corrected chi connectivity index (χ1v) is 17.4. The summed E-state index contributed by atoms with van der Waals surface area (Å²) < 4.78 is 0. The van der Waals surface area contributed by atoms with Crippen LogP contribution >= 0.6 is 0 Å². The van der Waals surface area contributed by atoms with Crippen molar-refractivity contribution in [3.05, 3.63) is 48.6 Å². The first-order valence-electron chi connectivity index (χ1n) is 17.4. The molecule has 0 fully saturated rings. The van der Waals surface area contributed by atoms with E-state index in [1.54, 1.807) is 6.08 Å². The lowest BCUT2D eigenvalue weighted by Crippen LogP contribution is -2.45. The molecule has 238 valence electrons. The molecule has 3 N–H and O–H groups in total. The molecule has 4 heteroatoms. The van der Waals surface area contributed by atoms with Gasteiger partial charge in [0, 0.05) is 6.42 Å². The molecule has 0 saturated carbocycles. The molecule has 0 aromatic carbocycles. The summed E-state index contributed by atoms with van der Waals surface area (Å²) in [4.78, 5) is 12.3. The van der Waals surface area contributed by atoms with Crippen molar-refractivity contribution in [2.45, 2.75) is 174 Å². The quantitative estimate of drug-likeness (QED) is 0.0455. The molecule has 0 aromatic rings. The number of rotatable bonds is 30. The summed E-state index contributed by atoms with van der Waals surface area (Å²) in [5.74, 6) is -0.0830. The predicted molar refractivity (Wildman–Crippen MR) is 179 cm³/mol. The van der Waals surface area contributed by atoms with E-state index in [4.69, 9.17) is 0 Å². The van der Waals surface area contributed by atoms with Crippen LogP contribution in [0, 0.1) is 0 Å². The number of amides is 1. The molecule has 0 saturated heterocycles. The summed E-state index contributed by atoms with van der Waals surface area (Å²) in [5, 5.41) is 22.7. The van der Waals surface area contributed by atoms with Gasteiger partial charge in [-0.15, -0.1) is 0 Å². The Bertz CT molecular complexity index is 667. The summed E-state index contributed by atoms with van der Waals surface area (Å²) in [7, 11) is 0. The minimum absolute atomic E-state index is 0.0830. The van der Waals surface area contributed by atoms with Gasteiger partial charge in [0.25, 0.3) is 0 Å². The standard InChI is InChI=1S/C37H67NO3/c1-3-5-7-9-11-13-15-16-17-18-19-20-21-22-23-25-27-29-31-33-37(41)38-35(34-39)36(40)32-30-28-26-24-14-12-10-8-6-4-2/h11,13-16,24,30,32,35-36,39-40H,3-10,12,17-23,25-29,31,33-34H2,1-2H3,(H,38,41)/b13-11-,16-15-,24-14+,32-30+. The fourth-order valence-electron chi connectivity index (χ4n) is 4.83. The Morgan fingerprint density at radius 2 is 1.02 bits per heavy atom. The number of unbranched alkanes of at least 4 members (excludes halogenated alkanes) is 18. The zero-order chi connectivity index (χ0) is 30.1. The van der Waals surface area contributed by atoms with E-state index in [2.05, 4.69) is 55.6 Å². The highest BCUT2D eigenvalue weighted by molar-refractivity contribution is 5.76. The Morgan fingerprint density at radius 3 is 1.61 bits per heavy atom. The minimum Gasteiger partial charge on any atom is -0.394 e. The monoisotopic (exact) mass is 574 g/mol. The van der Waals surface area contributed by atoms with Gasteiger partial charge in [0.1, 0.15) is 0 Å². The predicted octanol–water partition coefficient (Wildman–Crippen LogP) is 10.1. The first kappa shape index (κ1) is 39.4. The number of carbonyl (C=O) groups excluding carboxylic acids is 1. The molecule has 0 aromatic heterocycles. The molecule has 2 atom stereocenters. The molecule has 0 bridgehead atoms. The van der Waals surface area contributed by atoms with E-state index in [-0.39, 0.29) is 12.5 Å². The van der Waals surface area contributed by atoms with Gasteiger partial charge in [-0.05, 0) is 57.8 Å². The van der Waals surface area contributed by atoms with E-state index < -0.39 is 12.1 Å². The van der Waals surface area contributed by atoms with Crippen LogP contribution in [0.4, 0.5) is 0 Å². The van der Waals surface area contributed by atoms with Gasteiger partial charge in [0.2, 0.25) is 5.91 Å². The van der Waals surface area contributed by atoms with Crippen LogP contribution in [0.3, 0.4) is 0 Å². The number of hydrogen-bond acceptors (Lipinski definition) is 3. The second kappa shape index (κ2) is 32.9. The molecule has 0 rings (SSSR count). The second-order valence-corrected chi connectivity index (χ2v) is 11.6. The Morgan fingerprint density at radius 1 is 0.585 bits per heavy atom. The summed E-state index contributed by atoms with van der Waals surface area (Å²) in [6, 6.07) is -0.638. The molecule has 0 aliphatic carbocycles. The maximum absolute atomic E-state index is 12.3. The summed E-state index contributed by atoms with van der Waals surface area (Å²) in [6.07, 6.45) is 43.3. The van der Waals surface area contributed by atoms with Gasteiger partial charge in [0.05, 0.1) is 18.8 Å². The molecular weight excluding hydrogens is 506 g/mol. The number of nitrogens with one attached hydrogen (secondary N) is 1. The van der Waals surface area contributed by atoms with Crippen LogP contribution in [0.15, 0.2) is 48.6 Å². The van der Waals surface area contributed by atoms with Crippen LogP contribution in [-0.4, -0.2) is 34.9 Å². The van der Waals surface area contributed by atoms with E-state index in [1.807, 2.05) is 6.08 Å². The average Bonchev–Trinajstić information content (AvgIpc) is 2.97. The molecule has 0 aliphatic heterocycles. The lowest BCUT2D eigenvalue weighted by molar-refractivity contribution is -0.123. The van der Waals surface area contributed by atoms with Gasteiger partial charge in [-0.3, -0.25) is 4.79 Å². The maximum atomic E-state index is 12.3. The minimum atomic E-state index is -0.860. The molecule has 2 unspecified atom stereocenters. The van der Waals surface area contributed by atoms with Crippen molar-refractivity contribution in [3.8, 4) is 0 Å². The van der Waals surface area contributed by atoms with Gasteiger partial charge < -0.3 is 15.5 Å². The lowest BCUT2D eigenvalue weighted by atomic mass is 10.0. The molecule has 0 heterocycles. The smallest absolute Gasteiger partial charge is 0.220 e. The van der Waals surface area contributed by atoms with Crippen LogP contribution in [0.1, 0.15) is 162 Å². The van der Waals surface area contributed by atoms with E-state index >= 15 is 0 Å². The molecule has 0 radical (unpaired) electrons. The van der Waals surface area contributed by atoms with Crippen molar-refractivity contribution in [1.82, 2.24) is 5.32 Å². The summed E-state index contributed by atoms with van der Waals surface area (Å²) >= 11 is 0. The average molecular weight is 574 g/mol. The largest absolute Gasteiger partial charge is 0.394 e. The SMILES string of the molecule is CCCCC/C=C\C=C/CCCCCCCCCCCCC(=O)NC(CO)C(O)/C=C/CC/C=C/CCCCCC. The van der Waals surface area contributed by atoms with Crippen LogP contribution in [0.25, 0.3) is 0 Å². The Labute approximate surface area is 254 Å². The normalized spacial score (nSPS) is 13.8. The third-order valence-electron chi connectivity index (χ3n) is 7.56. The highest BCUT2D eigenvalue weighted by atomic mass is 16.3. The Balaban J connectivity index is 3.65. The van der Waals surface area contributed by atoms with E-state index in [9.17, 15) is 15.0 Å². The number of hydrogen-bond donors (Lipinski definition) is 3. The van der Waals surface area contributed by atoms with Gasteiger partial charge in [-0.1, -0.05) is 146 Å². The molecule has 4 nitrogen and oxygen atoms in total. The van der Waals surface area contributed by atoms with Gasteiger partial charge in [-0.2, -0.15) is 0 Å². The van der Waals surface area contributed by atoms with Crippen LogP contribution in [-0.2, 0) is 4.79 Å². The molecule has 0 aliphatic rings.